The molecular weight excluding hydrogens is 296 g/mol. The highest BCUT2D eigenvalue weighted by Crippen LogP contribution is 2.18. The summed E-state index contributed by atoms with van der Waals surface area (Å²) in [6.07, 6.45) is 0.258. The van der Waals surface area contributed by atoms with Gasteiger partial charge in [-0.05, 0) is 13.3 Å². The number of ether oxygens (including phenoxy) is 1. The minimum absolute atomic E-state index is 0.0614. The summed E-state index contributed by atoms with van der Waals surface area (Å²) in [7, 11) is -1.32. The average molecular weight is 320 g/mol. The van der Waals surface area contributed by atoms with Crippen LogP contribution in [0.2, 0.25) is 0 Å². The fraction of sp³-hybridized carbons (Fsp3) is 0.923. The number of morpholine rings is 1. The number of sulfone groups is 1. The molecule has 3 atom stereocenters. The maximum atomic E-state index is 12.3. The van der Waals surface area contributed by atoms with Crippen molar-refractivity contribution in [3.8, 4) is 0 Å². The SMILES string of the molecule is CC1COC(CO)CN1CC(=O)N(C)C1CCS(=O)(=O)C1. The summed E-state index contributed by atoms with van der Waals surface area (Å²) in [5.74, 6) is 0.144. The quantitative estimate of drug-likeness (QED) is 0.694. The molecular formula is C13H24N2O5S. The minimum atomic E-state index is -2.99. The van der Waals surface area contributed by atoms with Crippen LogP contribution in [0.5, 0.6) is 0 Å². The van der Waals surface area contributed by atoms with Crippen LogP contribution >= 0.6 is 0 Å². The topological polar surface area (TPSA) is 87.2 Å². The number of hydrogen-bond donors (Lipinski definition) is 1. The molecule has 2 aliphatic rings. The second-order valence-electron chi connectivity index (χ2n) is 5.98. The third-order valence-corrected chi connectivity index (χ3v) is 6.08. The number of aliphatic hydroxyl groups is 1. The number of aliphatic hydroxyl groups excluding tert-OH is 1. The Morgan fingerprint density at radius 1 is 1.48 bits per heavy atom. The van der Waals surface area contributed by atoms with E-state index in [9.17, 15) is 13.2 Å². The van der Waals surface area contributed by atoms with E-state index in [-0.39, 0.29) is 48.8 Å². The lowest BCUT2D eigenvalue weighted by Crippen LogP contribution is -2.53. The number of nitrogens with zero attached hydrogens (tertiary/aromatic N) is 2. The van der Waals surface area contributed by atoms with E-state index in [1.165, 1.54) is 0 Å². The predicted octanol–water partition coefficient (Wildman–Crippen LogP) is -1.29. The van der Waals surface area contributed by atoms with E-state index in [1.807, 2.05) is 11.8 Å². The normalized spacial score (nSPS) is 33.0. The maximum absolute atomic E-state index is 12.3. The molecule has 0 aromatic rings. The lowest BCUT2D eigenvalue weighted by Gasteiger charge is -2.38. The monoisotopic (exact) mass is 320 g/mol. The van der Waals surface area contributed by atoms with Gasteiger partial charge in [0.1, 0.15) is 0 Å². The Hall–Kier alpha value is -0.700. The lowest BCUT2D eigenvalue weighted by molar-refractivity contribution is -0.137. The predicted molar refractivity (Wildman–Crippen MR) is 77.7 cm³/mol. The van der Waals surface area contributed by atoms with E-state index in [1.54, 1.807) is 11.9 Å². The molecule has 0 radical (unpaired) electrons. The molecule has 0 spiro atoms. The van der Waals surface area contributed by atoms with Crippen LogP contribution in [-0.2, 0) is 19.4 Å². The third kappa shape index (κ3) is 4.15. The highest BCUT2D eigenvalue weighted by Gasteiger charge is 2.34. The summed E-state index contributed by atoms with van der Waals surface area (Å²) >= 11 is 0. The summed E-state index contributed by atoms with van der Waals surface area (Å²) in [5.41, 5.74) is 0. The summed E-state index contributed by atoms with van der Waals surface area (Å²) in [4.78, 5) is 15.9. The van der Waals surface area contributed by atoms with Crippen molar-refractivity contribution in [2.24, 2.45) is 0 Å². The van der Waals surface area contributed by atoms with Gasteiger partial charge < -0.3 is 14.7 Å². The zero-order valence-electron chi connectivity index (χ0n) is 12.6. The van der Waals surface area contributed by atoms with Crippen molar-refractivity contribution in [1.29, 1.82) is 0 Å². The van der Waals surface area contributed by atoms with Crippen LogP contribution in [0.3, 0.4) is 0 Å². The Labute approximate surface area is 125 Å². The number of likely N-dealkylation sites (N-methyl/N-ethyl adjacent to an activating group) is 1. The van der Waals surface area contributed by atoms with Crippen molar-refractivity contribution in [2.45, 2.75) is 31.5 Å². The molecule has 0 saturated carbocycles. The number of carbonyl (C=O) groups excluding carboxylic acids is 1. The van der Waals surface area contributed by atoms with Gasteiger partial charge in [-0.1, -0.05) is 0 Å². The van der Waals surface area contributed by atoms with E-state index in [2.05, 4.69) is 0 Å². The largest absolute Gasteiger partial charge is 0.394 e. The van der Waals surface area contributed by atoms with Crippen LogP contribution in [0.1, 0.15) is 13.3 Å². The molecule has 0 aliphatic carbocycles. The van der Waals surface area contributed by atoms with Crippen LogP contribution in [-0.4, -0.2) is 92.3 Å². The first-order valence-corrected chi connectivity index (χ1v) is 9.07. The van der Waals surface area contributed by atoms with Gasteiger partial charge in [0.2, 0.25) is 5.91 Å². The fourth-order valence-electron chi connectivity index (χ4n) is 2.78. The van der Waals surface area contributed by atoms with Crippen molar-refractivity contribution < 1.29 is 23.1 Å². The number of rotatable bonds is 4. The molecule has 21 heavy (non-hydrogen) atoms. The van der Waals surface area contributed by atoms with Crippen molar-refractivity contribution >= 4 is 15.7 Å². The molecule has 2 saturated heterocycles. The first-order chi connectivity index (χ1) is 9.82. The van der Waals surface area contributed by atoms with Gasteiger partial charge in [0.25, 0.3) is 0 Å². The van der Waals surface area contributed by atoms with Crippen LogP contribution in [0, 0.1) is 0 Å². The van der Waals surface area contributed by atoms with Crippen molar-refractivity contribution in [1.82, 2.24) is 9.80 Å². The molecule has 2 heterocycles. The molecule has 0 aromatic carbocycles. The molecule has 1 amide bonds. The molecule has 7 nitrogen and oxygen atoms in total. The first-order valence-electron chi connectivity index (χ1n) is 7.25. The van der Waals surface area contributed by atoms with Crippen LogP contribution in [0.25, 0.3) is 0 Å². The van der Waals surface area contributed by atoms with E-state index in [0.29, 0.717) is 19.6 Å². The average Bonchev–Trinajstić information content (AvgIpc) is 2.80. The Morgan fingerprint density at radius 2 is 2.19 bits per heavy atom. The Balaban J connectivity index is 1.91. The second kappa shape index (κ2) is 6.60. The smallest absolute Gasteiger partial charge is 0.236 e. The highest BCUT2D eigenvalue weighted by atomic mass is 32.2. The second-order valence-corrected chi connectivity index (χ2v) is 8.21. The maximum Gasteiger partial charge on any atom is 0.236 e. The van der Waals surface area contributed by atoms with Crippen molar-refractivity contribution in [3.05, 3.63) is 0 Å². The van der Waals surface area contributed by atoms with Gasteiger partial charge in [0.15, 0.2) is 9.84 Å². The molecule has 2 aliphatic heterocycles. The van der Waals surface area contributed by atoms with Crippen molar-refractivity contribution in [2.75, 3.05) is 44.9 Å². The molecule has 3 unspecified atom stereocenters. The Kier molecular flexibility index (Phi) is 5.24. The summed E-state index contributed by atoms with van der Waals surface area (Å²) in [6.45, 7) is 3.14. The summed E-state index contributed by atoms with van der Waals surface area (Å²) < 4.78 is 28.4. The van der Waals surface area contributed by atoms with E-state index >= 15 is 0 Å². The highest BCUT2D eigenvalue weighted by molar-refractivity contribution is 7.91. The molecule has 2 rings (SSSR count). The Morgan fingerprint density at radius 3 is 2.76 bits per heavy atom. The van der Waals surface area contributed by atoms with Gasteiger partial charge in [0, 0.05) is 25.7 Å². The molecule has 2 fully saturated rings. The number of hydrogen-bond acceptors (Lipinski definition) is 6. The third-order valence-electron chi connectivity index (χ3n) is 4.33. The van der Waals surface area contributed by atoms with Crippen LogP contribution < -0.4 is 0 Å². The molecule has 8 heteroatoms. The summed E-state index contributed by atoms with van der Waals surface area (Å²) in [5, 5.41) is 9.15. The zero-order valence-corrected chi connectivity index (χ0v) is 13.4. The number of carbonyl (C=O) groups is 1. The molecule has 0 bridgehead atoms. The molecule has 0 aromatic heterocycles. The van der Waals surface area contributed by atoms with Gasteiger partial charge in [-0.3, -0.25) is 9.69 Å². The van der Waals surface area contributed by atoms with E-state index in [0.717, 1.165) is 0 Å². The van der Waals surface area contributed by atoms with Gasteiger partial charge in [-0.15, -0.1) is 0 Å². The minimum Gasteiger partial charge on any atom is -0.394 e. The Bertz CT molecular complexity index is 481. The van der Waals surface area contributed by atoms with E-state index < -0.39 is 9.84 Å². The molecule has 1 N–H and O–H groups in total. The summed E-state index contributed by atoms with van der Waals surface area (Å²) in [6, 6.07) is -0.107. The lowest BCUT2D eigenvalue weighted by atomic mass is 10.2. The van der Waals surface area contributed by atoms with Gasteiger partial charge >= 0.3 is 0 Å². The molecule has 122 valence electrons. The zero-order chi connectivity index (χ0) is 15.6. The number of amides is 1. The van der Waals surface area contributed by atoms with Crippen molar-refractivity contribution in [3.63, 3.8) is 0 Å². The van der Waals surface area contributed by atoms with Crippen LogP contribution in [0.4, 0.5) is 0 Å². The van der Waals surface area contributed by atoms with Crippen LogP contribution in [0.15, 0.2) is 0 Å². The van der Waals surface area contributed by atoms with Gasteiger partial charge in [-0.25, -0.2) is 8.42 Å². The van der Waals surface area contributed by atoms with Gasteiger partial charge in [-0.2, -0.15) is 0 Å². The first kappa shape index (κ1) is 16.7. The van der Waals surface area contributed by atoms with Gasteiger partial charge in [0.05, 0.1) is 37.4 Å². The fourth-order valence-corrected chi connectivity index (χ4v) is 4.55. The van der Waals surface area contributed by atoms with E-state index in [4.69, 9.17) is 9.84 Å². The standard InChI is InChI=1S/C13H24N2O5S/c1-10-8-20-12(7-16)5-15(10)6-13(17)14(2)11-3-4-21(18,19)9-11/h10-12,16H,3-9H2,1-2H3.